The summed E-state index contributed by atoms with van der Waals surface area (Å²) in [7, 11) is -3.53. The molecule has 2 aromatic carbocycles. The number of fused-ring (bicyclic) bond motifs is 1. The maximum Gasteiger partial charge on any atom is 0.248 e. The van der Waals surface area contributed by atoms with Gasteiger partial charge in [0.2, 0.25) is 22.7 Å². The first kappa shape index (κ1) is 19.4. The van der Waals surface area contributed by atoms with Crippen LogP contribution in [0.4, 0.5) is 5.69 Å². The average molecular weight is 416 g/mol. The summed E-state index contributed by atoms with van der Waals surface area (Å²) in [6.07, 6.45) is 3.00. The molecule has 0 unspecified atom stereocenters. The first-order chi connectivity index (χ1) is 14.0. The van der Waals surface area contributed by atoms with E-state index in [1.807, 2.05) is 0 Å². The van der Waals surface area contributed by atoms with Crippen molar-refractivity contribution in [2.24, 2.45) is 0 Å². The predicted octanol–water partition coefficient (Wildman–Crippen LogP) is 2.09. The van der Waals surface area contributed by atoms with E-state index in [1.54, 1.807) is 48.5 Å². The zero-order valence-corrected chi connectivity index (χ0v) is 16.4. The van der Waals surface area contributed by atoms with E-state index in [2.05, 4.69) is 5.32 Å². The number of morpholine rings is 1. The van der Waals surface area contributed by atoms with Crippen LogP contribution < -0.4 is 14.8 Å². The fourth-order valence-corrected chi connectivity index (χ4v) is 4.43. The number of hydrogen-bond donors (Lipinski definition) is 1. The highest BCUT2D eigenvalue weighted by atomic mass is 32.2. The average Bonchev–Trinajstić information content (AvgIpc) is 3.21. The molecule has 2 aliphatic heterocycles. The lowest BCUT2D eigenvalue weighted by molar-refractivity contribution is -0.111. The molecular weight excluding hydrogens is 396 g/mol. The van der Waals surface area contributed by atoms with Crippen LogP contribution >= 0.6 is 0 Å². The van der Waals surface area contributed by atoms with Crippen molar-refractivity contribution in [3.05, 3.63) is 54.1 Å². The molecule has 0 spiro atoms. The van der Waals surface area contributed by atoms with E-state index in [-0.39, 0.29) is 17.6 Å². The van der Waals surface area contributed by atoms with E-state index in [4.69, 9.17) is 14.2 Å². The predicted molar refractivity (Wildman–Crippen MR) is 106 cm³/mol. The summed E-state index contributed by atoms with van der Waals surface area (Å²) in [6.45, 7) is 1.68. The van der Waals surface area contributed by atoms with E-state index in [1.165, 1.54) is 10.4 Å². The minimum Gasteiger partial charge on any atom is -0.454 e. The number of sulfonamides is 1. The lowest BCUT2D eigenvalue weighted by Gasteiger charge is -2.26. The minimum atomic E-state index is -3.53. The van der Waals surface area contributed by atoms with E-state index in [9.17, 15) is 13.2 Å². The van der Waals surface area contributed by atoms with Crippen molar-refractivity contribution in [3.8, 4) is 11.5 Å². The van der Waals surface area contributed by atoms with Crippen molar-refractivity contribution in [2.45, 2.75) is 4.90 Å². The van der Waals surface area contributed by atoms with Crippen LogP contribution in [-0.4, -0.2) is 51.7 Å². The number of ether oxygens (including phenoxy) is 3. The zero-order chi connectivity index (χ0) is 20.3. The van der Waals surface area contributed by atoms with Crippen LogP contribution in [0.2, 0.25) is 0 Å². The molecule has 1 saturated heterocycles. The van der Waals surface area contributed by atoms with Gasteiger partial charge in [0, 0.05) is 30.9 Å². The van der Waals surface area contributed by atoms with E-state index in [0.717, 1.165) is 0 Å². The van der Waals surface area contributed by atoms with Gasteiger partial charge in [-0.25, -0.2) is 8.42 Å². The Morgan fingerprint density at radius 1 is 1.00 bits per heavy atom. The first-order valence-corrected chi connectivity index (χ1v) is 10.5. The molecule has 0 atom stereocenters. The Bertz CT molecular complexity index is 1030. The number of benzene rings is 2. The number of carbonyl (C=O) groups excluding carboxylic acids is 1. The van der Waals surface area contributed by atoms with Crippen LogP contribution in [0.15, 0.2) is 53.4 Å². The molecule has 0 aromatic heterocycles. The molecule has 4 rings (SSSR count). The van der Waals surface area contributed by atoms with Crippen molar-refractivity contribution in [3.63, 3.8) is 0 Å². The van der Waals surface area contributed by atoms with Crippen LogP contribution in [0.3, 0.4) is 0 Å². The number of nitrogens with one attached hydrogen (secondary N) is 1. The van der Waals surface area contributed by atoms with Gasteiger partial charge in [-0.3, -0.25) is 4.79 Å². The van der Waals surface area contributed by atoms with Crippen molar-refractivity contribution in [1.82, 2.24) is 4.31 Å². The molecule has 0 bridgehead atoms. The smallest absolute Gasteiger partial charge is 0.248 e. The monoisotopic (exact) mass is 416 g/mol. The molecule has 8 nitrogen and oxygen atoms in total. The van der Waals surface area contributed by atoms with Crippen molar-refractivity contribution >= 4 is 27.7 Å². The SMILES string of the molecule is O=C(C=Cc1ccc(S(=O)(=O)N2CCOCC2)cc1)Nc1ccc2c(c1)OCO2. The summed E-state index contributed by atoms with van der Waals surface area (Å²) < 4.78 is 42.4. The number of anilines is 1. The maximum absolute atomic E-state index is 12.6. The molecule has 2 aromatic rings. The van der Waals surface area contributed by atoms with Gasteiger partial charge in [-0.15, -0.1) is 0 Å². The highest BCUT2D eigenvalue weighted by Gasteiger charge is 2.25. The third-order valence-corrected chi connectivity index (χ3v) is 6.47. The van der Waals surface area contributed by atoms with Gasteiger partial charge < -0.3 is 19.5 Å². The molecule has 0 aliphatic carbocycles. The van der Waals surface area contributed by atoms with Crippen LogP contribution in [-0.2, 0) is 19.6 Å². The quantitative estimate of drug-likeness (QED) is 0.750. The fourth-order valence-electron chi connectivity index (χ4n) is 3.02. The van der Waals surface area contributed by atoms with Crippen LogP contribution in [0, 0.1) is 0 Å². The zero-order valence-electron chi connectivity index (χ0n) is 15.5. The Morgan fingerprint density at radius 3 is 2.48 bits per heavy atom. The van der Waals surface area contributed by atoms with Crippen LogP contribution in [0.1, 0.15) is 5.56 Å². The Balaban J connectivity index is 1.39. The van der Waals surface area contributed by atoms with E-state index >= 15 is 0 Å². The summed E-state index contributed by atoms with van der Waals surface area (Å²) in [6, 6.07) is 11.6. The van der Waals surface area contributed by atoms with Crippen molar-refractivity contribution in [2.75, 3.05) is 38.4 Å². The lowest BCUT2D eigenvalue weighted by atomic mass is 10.2. The van der Waals surface area contributed by atoms with Gasteiger partial charge in [0.25, 0.3) is 0 Å². The molecular formula is C20H20N2O6S. The van der Waals surface area contributed by atoms with Gasteiger partial charge in [0.1, 0.15) is 0 Å². The van der Waals surface area contributed by atoms with Gasteiger partial charge in [-0.2, -0.15) is 4.31 Å². The second-order valence-corrected chi connectivity index (χ2v) is 8.41. The molecule has 2 aliphatic rings. The number of amides is 1. The minimum absolute atomic E-state index is 0.171. The largest absolute Gasteiger partial charge is 0.454 e. The molecule has 0 radical (unpaired) electrons. The third kappa shape index (κ3) is 4.42. The normalized spacial score (nSPS) is 16.8. The van der Waals surface area contributed by atoms with E-state index < -0.39 is 10.0 Å². The topological polar surface area (TPSA) is 94.2 Å². The van der Waals surface area contributed by atoms with Gasteiger partial charge in [0.15, 0.2) is 11.5 Å². The van der Waals surface area contributed by atoms with Crippen LogP contribution in [0.5, 0.6) is 11.5 Å². The van der Waals surface area contributed by atoms with Crippen molar-refractivity contribution in [1.29, 1.82) is 0 Å². The van der Waals surface area contributed by atoms with Gasteiger partial charge in [-0.05, 0) is 35.9 Å². The molecule has 1 N–H and O–H groups in total. The number of carbonyl (C=O) groups is 1. The fraction of sp³-hybridized carbons (Fsp3) is 0.250. The summed E-state index contributed by atoms with van der Waals surface area (Å²) in [4.78, 5) is 12.4. The van der Waals surface area contributed by atoms with E-state index in [0.29, 0.717) is 49.1 Å². The van der Waals surface area contributed by atoms with Gasteiger partial charge >= 0.3 is 0 Å². The van der Waals surface area contributed by atoms with Gasteiger partial charge in [0.05, 0.1) is 18.1 Å². The Labute approximate surface area is 168 Å². The Morgan fingerprint density at radius 2 is 1.72 bits per heavy atom. The molecule has 2 heterocycles. The summed E-state index contributed by atoms with van der Waals surface area (Å²) in [5.41, 5.74) is 1.31. The molecule has 9 heteroatoms. The summed E-state index contributed by atoms with van der Waals surface area (Å²) in [5, 5.41) is 2.74. The summed E-state index contributed by atoms with van der Waals surface area (Å²) >= 11 is 0. The lowest BCUT2D eigenvalue weighted by Crippen LogP contribution is -2.40. The second-order valence-electron chi connectivity index (χ2n) is 6.48. The maximum atomic E-state index is 12.6. The standard InChI is InChI=1S/C20H20N2O6S/c23-20(21-16-4-7-18-19(13-16)28-14-27-18)8-3-15-1-5-17(6-2-15)29(24,25)22-9-11-26-12-10-22/h1-8,13H,9-12,14H2,(H,21,23). The highest BCUT2D eigenvalue weighted by molar-refractivity contribution is 7.89. The Kier molecular flexibility index (Phi) is 5.52. The molecule has 29 heavy (non-hydrogen) atoms. The second kappa shape index (κ2) is 8.24. The van der Waals surface area contributed by atoms with Crippen molar-refractivity contribution < 1.29 is 27.4 Å². The van der Waals surface area contributed by atoms with Gasteiger partial charge in [-0.1, -0.05) is 12.1 Å². The molecule has 152 valence electrons. The summed E-state index contributed by atoms with van der Waals surface area (Å²) in [5.74, 6) is 0.920. The number of rotatable bonds is 5. The molecule has 1 amide bonds. The highest BCUT2D eigenvalue weighted by Crippen LogP contribution is 2.34. The Hall–Kier alpha value is -2.88. The molecule has 1 fully saturated rings. The third-order valence-electron chi connectivity index (χ3n) is 4.56. The number of hydrogen-bond acceptors (Lipinski definition) is 6. The number of nitrogens with zero attached hydrogens (tertiary/aromatic N) is 1. The molecule has 0 saturated carbocycles. The first-order valence-electron chi connectivity index (χ1n) is 9.09. The van der Waals surface area contributed by atoms with Crippen LogP contribution in [0.25, 0.3) is 6.08 Å².